The molecule has 0 amide bonds. The zero-order valence-corrected chi connectivity index (χ0v) is 14.8. The number of esters is 1. The van der Waals surface area contributed by atoms with Crippen molar-refractivity contribution in [2.75, 3.05) is 19.0 Å². The molecule has 3 N–H and O–H groups in total. The number of nitrogens with two attached hydrogens (primary N) is 1. The minimum atomic E-state index is -0.283. The molecule has 0 heterocycles. The van der Waals surface area contributed by atoms with Crippen LogP contribution in [-0.2, 0) is 9.53 Å². The summed E-state index contributed by atoms with van der Waals surface area (Å²) < 4.78 is 10.2. The van der Waals surface area contributed by atoms with Gasteiger partial charge in [-0.25, -0.2) is 0 Å². The van der Waals surface area contributed by atoms with Crippen molar-refractivity contribution in [3.05, 3.63) is 24.3 Å². The van der Waals surface area contributed by atoms with Crippen LogP contribution in [0.15, 0.2) is 29.3 Å². The minimum absolute atomic E-state index is 0. The molecule has 118 valence electrons. The van der Waals surface area contributed by atoms with E-state index in [1.807, 2.05) is 24.3 Å². The standard InChI is InChI=1S/C14H21N3O3.HI/c1-10(2)20-13(18)8-9-16-14(15)17-11-6-4-5-7-12(11)19-3;/h4-7,10H,8-9H2,1-3H3,(H3,15,16,17);1H. The van der Waals surface area contributed by atoms with Crippen LogP contribution in [0.3, 0.4) is 0 Å². The van der Waals surface area contributed by atoms with Gasteiger partial charge in [0.05, 0.1) is 31.9 Å². The number of para-hydroxylation sites is 2. The summed E-state index contributed by atoms with van der Waals surface area (Å²) >= 11 is 0. The van der Waals surface area contributed by atoms with Gasteiger partial charge in [0.25, 0.3) is 0 Å². The molecular weight excluding hydrogens is 385 g/mol. The molecule has 1 aromatic carbocycles. The molecule has 0 radical (unpaired) electrons. The summed E-state index contributed by atoms with van der Waals surface area (Å²) in [6, 6.07) is 7.36. The number of nitrogens with zero attached hydrogens (tertiary/aromatic N) is 1. The van der Waals surface area contributed by atoms with Gasteiger partial charge in [0.2, 0.25) is 0 Å². The number of halogens is 1. The van der Waals surface area contributed by atoms with Gasteiger partial charge in [-0.2, -0.15) is 0 Å². The average Bonchev–Trinajstić information content (AvgIpc) is 2.38. The number of ether oxygens (including phenoxy) is 2. The van der Waals surface area contributed by atoms with Crippen LogP contribution in [0.1, 0.15) is 20.3 Å². The SMILES string of the molecule is COc1ccccc1NC(N)=NCCC(=O)OC(C)C.I. The first-order valence-electron chi connectivity index (χ1n) is 6.42. The third-order valence-corrected chi connectivity index (χ3v) is 2.33. The first-order valence-corrected chi connectivity index (χ1v) is 6.42. The summed E-state index contributed by atoms with van der Waals surface area (Å²) in [6.45, 7) is 3.89. The lowest BCUT2D eigenvalue weighted by Crippen LogP contribution is -2.23. The van der Waals surface area contributed by atoms with Crippen LogP contribution >= 0.6 is 24.0 Å². The molecule has 0 unspecified atom stereocenters. The van der Waals surface area contributed by atoms with E-state index in [0.29, 0.717) is 5.75 Å². The molecule has 1 aromatic rings. The Labute approximate surface area is 142 Å². The molecule has 0 bridgehead atoms. The third kappa shape index (κ3) is 7.74. The first-order chi connectivity index (χ1) is 9.52. The third-order valence-electron chi connectivity index (χ3n) is 2.33. The summed E-state index contributed by atoms with van der Waals surface area (Å²) in [6.07, 6.45) is 0.0856. The Morgan fingerprint density at radius 2 is 2.05 bits per heavy atom. The predicted molar refractivity (Wildman–Crippen MR) is 94.4 cm³/mol. The van der Waals surface area contributed by atoms with Gasteiger partial charge in [0, 0.05) is 0 Å². The maximum Gasteiger partial charge on any atom is 0.307 e. The average molecular weight is 407 g/mol. The smallest absolute Gasteiger partial charge is 0.307 e. The number of hydrogen-bond acceptors (Lipinski definition) is 4. The van der Waals surface area contributed by atoms with E-state index in [4.69, 9.17) is 15.2 Å². The van der Waals surface area contributed by atoms with Gasteiger partial charge in [-0.3, -0.25) is 9.79 Å². The fourth-order valence-corrected chi connectivity index (χ4v) is 1.51. The highest BCUT2D eigenvalue weighted by Gasteiger charge is 2.05. The minimum Gasteiger partial charge on any atom is -0.495 e. The quantitative estimate of drug-likeness (QED) is 0.327. The van der Waals surface area contributed by atoms with Gasteiger partial charge >= 0.3 is 5.97 Å². The largest absolute Gasteiger partial charge is 0.495 e. The topological polar surface area (TPSA) is 85.9 Å². The summed E-state index contributed by atoms with van der Waals surface area (Å²) in [7, 11) is 1.58. The van der Waals surface area contributed by atoms with Gasteiger partial charge in [-0.05, 0) is 26.0 Å². The van der Waals surface area contributed by atoms with E-state index in [9.17, 15) is 4.79 Å². The van der Waals surface area contributed by atoms with E-state index in [-0.39, 0.29) is 55.0 Å². The summed E-state index contributed by atoms with van der Waals surface area (Å²) in [4.78, 5) is 15.4. The molecule has 0 aliphatic rings. The van der Waals surface area contributed by atoms with Crippen LogP contribution in [0.4, 0.5) is 5.69 Å². The van der Waals surface area contributed by atoms with Gasteiger partial charge in [0.1, 0.15) is 5.75 Å². The summed E-state index contributed by atoms with van der Waals surface area (Å²) in [5.74, 6) is 0.616. The molecule has 0 aromatic heterocycles. The second-order valence-electron chi connectivity index (χ2n) is 4.38. The Balaban J connectivity index is 0.00000400. The van der Waals surface area contributed by atoms with Crippen molar-refractivity contribution in [1.82, 2.24) is 0 Å². The van der Waals surface area contributed by atoms with Gasteiger partial charge in [-0.1, -0.05) is 12.1 Å². The van der Waals surface area contributed by atoms with Crippen molar-refractivity contribution in [3.63, 3.8) is 0 Å². The van der Waals surface area contributed by atoms with Gasteiger partial charge in [-0.15, -0.1) is 24.0 Å². The molecule has 0 aliphatic heterocycles. The lowest BCUT2D eigenvalue weighted by atomic mass is 10.3. The Morgan fingerprint density at radius 1 is 1.38 bits per heavy atom. The normalized spacial score (nSPS) is 10.8. The van der Waals surface area contributed by atoms with Crippen LogP contribution in [0, 0.1) is 0 Å². The van der Waals surface area contributed by atoms with Crippen LogP contribution in [0.2, 0.25) is 0 Å². The number of rotatable bonds is 6. The highest BCUT2D eigenvalue weighted by molar-refractivity contribution is 14.0. The second kappa shape index (κ2) is 10.3. The lowest BCUT2D eigenvalue weighted by molar-refractivity contribution is -0.147. The van der Waals surface area contributed by atoms with Crippen molar-refractivity contribution >= 4 is 41.6 Å². The number of nitrogens with one attached hydrogen (secondary N) is 1. The number of carbonyl (C=O) groups excluding carboxylic acids is 1. The zero-order chi connectivity index (χ0) is 15.0. The Bertz CT molecular complexity index is 478. The Hall–Kier alpha value is -1.51. The highest BCUT2D eigenvalue weighted by atomic mass is 127. The maximum atomic E-state index is 11.3. The van der Waals surface area contributed by atoms with E-state index in [2.05, 4.69) is 10.3 Å². The fraction of sp³-hybridized carbons (Fsp3) is 0.429. The van der Waals surface area contributed by atoms with Crippen molar-refractivity contribution < 1.29 is 14.3 Å². The number of hydrogen-bond donors (Lipinski definition) is 2. The van der Waals surface area contributed by atoms with Crippen LogP contribution in [-0.4, -0.2) is 31.7 Å². The van der Waals surface area contributed by atoms with Crippen molar-refractivity contribution in [1.29, 1.82) is 0 Å². The molecule has 0 spiro atoms. The number of carbonyl (C=O) groups is 1. The number of benzene rings is 1. The number of guanidine groups is 1. The molecule has 0 saturated heterocycles. The van der Waals surface area contributed by atoms with E-state index in [1.54, 1.807) is 21.0 Å². The second-order valence-corrected chi connectivity index (χ2v) is 4.38. The van der Waals surface area contributed by atoms with Crippen LogP contribution in [0.25, 0.3) is 0 Å². The molecule has 1 rings (SSSR count). The van der Waals surface area contributed by atoms with Crippen molar-refractivity contribution in [2.45, 2.75) is 26.4 Å². The fourth-order valence-electron chi connectivity index (χ4n) is 1.51. The lowest BCUT2D eigenvalue weighted by Gasteiger charge is -2.10. The monoisotopic (exact) mass is 407 g/mol. The molecule has 7 heteroatoms. The molecule has 6 nitrogen and oxygen atoms in total. The van der Waals surface area contributed by atoms with Crippen molar-refractivity contribution in [3.8, 4) is 5.75 Å². The summed E-state index contributed by atoms with van der Waals surface area (Å²) in [5, 5.41) is 2.93. The Kier molecular flexibility index (Phi) is 9.51. The van der Waals surface area contributed by atoms with Gasteiger partial charge in [0.15, 0.2) is 5.96 Å². The van der Waals surface area contributed by atoms with E-state index in [1.165, 1.54) is 0 Å². The Morgan fingerprint density at radius 3 is 2.67 bits per heavy atom. The molecule has 0 saturated carbocycles. The first kappa shape index (κ1) is 19.5. The zero-order valence-electron chi connectivity index (χ0n) is 12.5. The van der Waals surface area contributed by atoms with Crippen LogP contribution < -0.4 is 15.8 Å². The van der Waals surface area contributed by atoms with E-state index in [0.717, 1.165) is 5.69 Å². The predicted octanol–water partition coefficient (Wildman–Crippen LogP) is 2.38. The molecule has 0 aliphatic carbocycles. The van der Waals surface area contributed by atoms with E-state index < -0.39 is 0 Å². The maximum absolute atomic E-state index is 11.3. The highest BCUT2D eigenvalue weighted by Crippen LogP contribution is 2.22. The van der Waals surface area contributed by atoms with Crippen LogP contribution in [0.5, 0.6) is 5.75 Å². The van der Waals surface area contributed by atoms with Crippen molar-refractivity contribution in [2.24, 2.45) is 10.7 Å². The van der Waals surface area contributed by atoms with Gasteiger partial charge < -0.3 is 20.5 Å². The number of anilines is 1. The van der Waals surface area contributed by atoms with E-state index >= 15 is 0 Å². The number of methoxy groups -OCH3 is 1. The molecular formula is C14H22IN3O3. The summed E-state index contributed by atoms with van der Waals surface area (Å²) in [5.41, 5.74) is 6.47. The molecule has 21 heavy (non-hydrogen) atoms. The molecule has 0 fully saturated rings. The molecule has 0 atom stereocenters. The number of aliphatic imine (C=N–C) groups is 1.